The third kappa shape index (κ3) is 1.18. The summed E-state index contributed by atoms with van der Waals surface area (Å²) in [6.07, 6.45) is 0.268. The van der Waals surface area contributed by atoms with E-state index < -0.39 is 6.10 Å². The van der Waals surface area contributed by atoms with Crippen molar-refractivity contribution in [2.24, 2.45) is 5.73 Å². The molecule has 3 N–H and O–H groups in total. The molecule has 0 heterocycles. The molecule has 0 unspecified atom stereocenters. The number of halogens is 1. The number of aliphatic hydroxyl groups excluding tert-OH is 1. The second kappa shape index (κ2) is 2.83. The van der Waals surface area contributed by atoms with E-state index in [4.69, 9.17) is 5.73 Å². The molecule has 64 valence electrons. The van der Waals surface area contributed by atoms with E-state index in [1.54, 1.807) is 0 Å². The summed E-state index contributed by atoms with van der Waals surface area (Å²) >= 11 is 3.38. The standard InChI is InChI=1S/C9H10BrNO/c10-6-1-2-7-5(3-6)4-8(12)9(7)11/h1-3,8-9,12H,4,11H2/t8-,9+/m0/s1. The summed E-state index contributed by atoms with van der Waals surface area (Å²) in [6.45, 7) is 0. The Morgan fingerprint density at radius 3 is 3.00 bits per heavy atom. The zero-order valence-corrected chi connectivity index (χ0v) is 8.08. The van der Waals surface area contributed by atoms with Gasteiger partial charge in [0.1, 0.15) is 0 Å². The molecule has 0 amide bonds. The molecular formula is C9H10BrNO. The van der Waals surface area contributed by atoms with Crippen LogP contribution in [0.5, 0.6) is 0 Å². The van der Waals surface area contributed by atoms with Gasteiger partial charge in [0.25, 0.3) is 0 Å². The summed E-state index contributed by atoms with van der Waals surface area (Å²) in [6, 6.07) is 5.75. The van der Waals surface area contributed by atoms with E-state index >= 15 is 0 Å². The average Bonchev–Trinajstić information content (AvgIpc) is 2.28. The number of hydrogen-bond acceptors (Lipinski definition) is 2. The number of aliphatic hydroxyl groups is 1. The minimum Gasteiger partial charge on any atom is -0.391 e. The van der Waals surface area contributed by atoms with Crippen molar-refractivity contribution in [2.45, 2.75) is 18.6 Å². The highest BCUT2D eigenvalue weighted by Gasteiger charge is 2.27. The van der Waals surface area contributed by atoms with Gasteiger partial charge in [0, 0.05) is 10.9 Å². The van der Waals surface area contributed by atoms with Crippen molar-refractivity contribution in [3.05, 3.63) is 33.8 Å². The van der Waals surface area contributed by atoms with Crippen molar-refractivity contribution >= 4 is 15.9 Å². The Labute approximate surface area is 79.5 Å². The van der Waals surface area contributed by atoms with Gasteiger partial charge in [0.15, 0.2) is 0 Å². The van der Waals surface area contributed by atoms with Gasteiger partial charge in [-0.1, -0.05) is 22.0 Å². The topological polar surface area (TPSA) is 46.2 Å². The Bertz CT molecular complexity index is 313. The molecule has 1 aliphatic carbocycles. The van der Waals surface area contributed by atoms with Crippen LogP contribution >= 0.6 is 15.9 Å². The SMILES string of the molecule is N[C@@H]1c2ccc(Br)cc2C[C@@H]1O. The van der Waals surface area contributed by atoms with Crippen LogP contribution in [-0.2, 0) is 6.42 Å². The van der Waals surface area contributed by atoms with Crippen LogP contribution < -0.4 is 5.73 Å². The van der Waals surface area contributed by atoms with E-state index in [-0.39, 0.29) is 6.04 Å². The quantitative estimate of drug-likeness (QED) is 0.704. The first-order valence-corrected chi connectivity index (χ1v) is 4.70. The molecule has 1 aromatic carbocycles. The van der Waals surface area contributed by atoms with Crippen LogP contribution in [0.1, 0.15) is 17.2 Å². The van der Waals surface area contributed by atoms with Crippen LogP contribution in [0.25, 0.3) is 0 Å². The number of benzene rings is 1. The van der Waals surface area contributed by atoms with Crippen molar-refractivity contribution in [3.63, 3.8) is 0 Å². The Morgan fingerprint density at radius 1 is 1.50 bits per heavy atom. The fourth-order valence-corrected chi connectivity index (χ4v) is 2.04. The van der Waals surface area contributed by atoms with Crippen LogP contribution in [0.15, 0.2) is 22.7 Å². The molecule has 0 bridgehead atoms. The van der Waals surface area contributed by atoms with Crippen molar-refractivity contribution in [3.8, 4) is 0 Å². The van der Waals surface area contributed by atoms with E-state index in [0.717, 1.165) is 15.6 Å². The van der Waals surface area contributed by atoms with Gasteiger partial charge in [-0.15, -0.1) is 0 Å². The number of rotatable bonds is 0. The normalized spacial score (nSPS) is 27.2. The Hall–Kier alpha value is -0.380. The molecule has 0 saturated carbocycles. The summed E-state index contributed by atoms with van der Waals surface area (Å²) in [5.41, 5.74) is 8.01. The Balaban J connectivity index is 2.47. The maximum absolute atomic E-state index is 9.47. The smallest absolute Gasteiger partial charge is 0.0773 e. The molecule has 0 fully saturated rings. The van der Waals surface area contributed by atoms with Crippen molar-refractivity contribution in [2.75, 3.05) is 0 Å². The lowest BCUT2D eigenvalue weighted by molar-refractivity contribution is 0.158. The first-order chi connectivity index (χ1) is 5.68. The molecule has 1 aromatic rings. The van der Waals surface area contributed by atoms with Gasteiger partial charge in [0.05, 0.1) is 12.1 Å². The van der Waals surface area contributed by atoms with Gasteiger partial charge < -0.3 is 10.8 Å². The predicted molar refractivity (Wildman–Crippen MR) is 50.8 cm³/mol. The highest BCUT2D eigenvalue weighted by molar-refractivity contribution is 9.10. The summed E-state index contributed by atoms with van der Waals surface area (Å²) < 4.78 is 1.04. The van der Waals surface area contributed by atoms with E-state index in [0.29, 0.717) is 6.42 Å². The summed E-state index contributed by atoms with van der Waals surface area (Å²) in [5, 5.41) is 9.47. The number of nitrogens with two attached hydrogens (primary N) is 1. The van der Waals surface area contributed by atoms with Gasteiger partial charge in [-0.25, -0.2) is 0 Å². The third-order valence-corrected chi connectivity index (χ3v) is 2.80. The number of fused-ring (bicyclic) bond motifs is 1. The predicted octanol–water partition coefficient (Wildman–Crippen LogP) is 1.37. The van der Waals surface area contributed by atoms with Crippen LogP contribution in [0.2, 0.25) is 0 Å². The molecule has 2 nitrogen and oxygen atoms in total. The third-order valence-electron chi connectivity index (χ3n) is 2.31. The summed E-state index contributed by atoms with van der Waals surface area (Å²) in [4.78, 5) is 0. The number of hydrogen-bond donors (Lipinski definition) is 2. The highest BCUT2D eigenvalue weighted by atomic mass is 79.9. The van der Waals surface area contributed by atoms with E-state index in [9.17, 15) is 5.11 Å². The lowest BCUT2D eigenvalue weighted by Gasteiger charge is -2.07. The molecular weight excluding hydrogens is 218 g/mol. The van der Waals surface area contributed by atoms with Gasteiger partial charge in [-0.05, 0) is 23.3 Å². The molecule has 2 rings (SSSR count). The van der Waals surface area contributed by atoms with Crippen LogP contribution in [0, 0.1) is 0 Å². The van der Waals surface area contributed by atoms with Crippen LogP contribution in [-0.4, -0.2) is 11.2 Å². The molecule has 0 aliphatic heterocycles. The fourth-order valence-electron chi connectivity index (χ4n) is 1.64. The molecule has 2 atom stereocenters. The molecule has 0 saturated heterocycles. The molecule has 0 spiro atoms. The minimum atomic E-state index is -0.408. The van der Waals surface area contributed by atoms with Crippen molar-refractivity contribution in [1.82, 2.24) is 0 Å². The fraction of sp³-hybridized carbons (Fsp3) is 0.333. The van der Waals surface area contributed by atoms with E-state index in [1.165, 1.54) is 0 Å². The lowest BCUT2D eigenvalue weighted by Crippen LogP contribution is -2.21. The maximum Gasteiger partial charge on any atom is 0.0773 e. The van der Waals surface area contributed by atoms with Gasteiger partial charge >= 0.3 is 0 Å². The van der Waals surface area contributed by atoms with Crippen LogP contribution in [0.4, 0.5) is 0 Å². The molecule has 3 heteroatoms. The van der Waals surface area contributed by atoms with Crippen molar-refractivity contribution in [1.29, 1.82) is 0 Å². The summed E-state index contributed by atoms with van der Waals surface area (Å²) in [5.74, 6) is 0. The molecule has 0 radical (unpaired) electrons. The first-order valence-electron chi connectivity index (χ1n) is 3.90. The second-order valence-electron chi connectivity index (χ2n) is 3.14. The van der Waals surface area contributed by atoms with E-state index in [1.807, 2.05) is 18.2 Å². The summed E-state index contributed by atoms with van der Waals surface area (Å²) in [7, 11) is 0. The Kier molecular flexibility index (Phi) is 1.94. The van der Waals surface area contributed by atoms with E-state index in [2.05, 4.69) is 15.9 Å². The van der Waals surface area contributed by atoms with Gasteiger partial charge in [-0.2, -0.15) is 0 Å². The average molecular weight is 228 g/mol. The zero-order chi connectivity index (χ0) is 8.72. The first kappa shape index (κ1) is 8.23. The molecule has 12 heavy (non-hydrogen) atoms. The largest absolute Gasteiger partial charge is 0.391 e. The zero-order valence-electron chi connectivity index (χ0n) is 6.50. The minimum absolute atomic E-state index is 0.201. The maximum atomic E-state index is 9.47. The second-order valence-corrected chi connectivity index (χ2v) is 4.06. The Morgan fingerprint density at radius 2 is 2.25 bits per heavy atom. The molecule has 1 aliphatic rings. The molecule has 0 aromatic heterocycles. The highest BCUT2D eigenvalue weighted by Crippen LogP contribution is 2.31. The van der Waals surface area contributed by atoms with Gasteiger partial charge in [0.2, 0.25) is 0 Å². The lowest BCUT2D eigenvalue weighted by atomic mass is 10.1. The van der Waals surface area contributed by atoms with Crippen molar-refractivity contribution < 1.29 is 5.11 Å². The van der Waals surface area contributed by atoms with Crippen LogP contribution in [0.3, 0.4) is 0 Å². The monoisotopic (exact) mass is 227 g/mol. The van der Waals surface area contributed by atoms with Gasteiger partial charge in [-0.3, -0.25) is 0 Å².